The smallest absolute Gasteiger partial charge is 0.150 e. The summed E-state index contributed by atoms with van der Waals surface area (Å²) in [6, 6.07) is 31.7. The fourth-order valence-electron chi connectivity index (χ4n) is 2.58. The summed E-state index contributed by atoms with van der Waals surface area (Å²) in [6.45, 7) is 0. The summed E-state index contributed by atoms with van der Waals surface area (Å²) in [5, 5.41) is 18.8. The molecule has 28 heavy (non-hydrogen) atoms. The van der Waals surface area contributed by atoms with E-state index >= 15 is 0 Å². The van der Waals surface area contributed by atoms with Crippen molar-refractivity contribution >= 4 is 46.8 Å². The van der Waals surface area contributed by atoms with Crippen molar-refractivity contribution in [1.29, 1.82) is 0 Å². The van der Waals surface area contributed by atoms with Gasteiger partial charge in [0, 0.05) is 21.7 Å². The molecule has 4 rings (SSSR count). The predicted octanol–water partition coefficient (Wildman–Crippen LogP) is 4.87. The van der Waals surface area contributed by atoms with Crippen molar-refractivity contribution in [3.63, 3.8) is 0 Å². The summed E-state index contributed by atoms with van der Waals surface area (Å²) < 4.78 is 4.37. The van der Waals surface area contributed by atoms with E-state index in [2.05, 4.69) is 27.3 Å². The molecule has 0 bridgehead atoms. The molecule has 0 atom stereocenters. The van der Waals surface area contributed by atoms with E-state index in [9.17, 15) is 5.26 Å². The summed E-state index contributed by atoms with van der Waals surface area (Å²) in [5.74, 6) is 0. The van der Waals surface area contributed by atoms with Crippen LogP contribution in [0, 0.1) is 0 Å². The van der Waals surface area contributed by atoms with Crippen LogP contribution < -0.4 is 10.6 Å². The van der Waals surface area contributed by atoms with Crippen molar-refractivity contribution in [2.75, 3.05) is 5.32 Å². The zero-order chi connectivity index (χ0) is 19.6. The van der Waals surface area contributed by atoms with Gasteiger partial charge in [-0.1, -0.05) is 54.6 Å². The Labute approximate surface area is 173 Å². The molecular weight excluding hydrogens is 390 g/mol. The number of rotatable bonds is 5. The minimum atomic E-state index is 0.792. The number of hydrogen-bond donors (Lipinski definition) is 1. The van der Waals surface area contributed by atoms with Crippen LogP contribution in [0.5, 0.6) is 0 Å². The molecule has 0 aliphatic heterocycles. The monoisotopic (exact) mass is 409 g/mol. The van der Waals surface area contributed by atoms with Crippen LogP contribution in [0.4, 0.5) is 11.4 Å². The Kier molecular flexibility index (Phi) is 7.78. The van der Waals surface area contributed by atoms with Gasteiger partial charge in [0.15, 0.2) is 0 Å². The highest BCUT2D eigenvalue weighted by Crippen LogP contribution is 2.30. The van der Waals surface area contributed by atoms with Gasteiger partial charge in [-0.2, -0.15) is 4.33 Å². The molecule has 4 nitrogen and oxygen atoms in total. The number of hydrogen-bond acceptors (Lipinski definition) is 5. The molecule has 0 aliphatic carbocycles. The number of anilines is 2. The van der Waals surface area contributed by atoms with E-state index in [1.807, 2.05) is 97.1 Å². The van der Waals surface area contributed by atoms with Crippen LogP contribution in [0.25, 0.3) is 10.8 Å². The van der Waals surface area contributed by atoms with Crippen LogP contribution in [0.1, 0.15) is 0 Å². The van der Waals surface area contributed by atoms with Crippen molar-refractivity contribution in [1.82, 2.24) is 0 Å². The van der Waals surface area contributed by atoms with Crippen LogP contribution >= 0.6 is 12.0 Å². The van der Waals surface area contributed by atoms with Gasteiger partial charge in [0.25, 0.3) is 0 Å². The molecule has 142 valence electrons. The molecular formula is C22H19NO3S2. The van der Waals surface area contributed by atoms with Crippen LogP contribution in [0.2, 0.25) is 0 Å². The van der Waals surface area contributed by atoms with Crippen molar-refractivity contribution in [2.45, 2.75) is 9.79 Å². The van der Waals surface area contributed by atoms with Gasteiger partial charge in [0.05, 0.1) is 12.0 Å². The van der Waals surface area contributed by atoms with E-state index < -0.39 is 0 Å². The third kappa shape index (κ3) is 6.02. The van der Waals surface area contributed by atoms with E-state index in [4.69, 9.17) is 0 Å². The molecule has 0 heterocycles. The number of fused-ring (bicyclic) bond motifs is 1. The van der Waals surface area contributed by atoms with Gasteiger partial charge in [-0.3, -0.25) is 5.04 Å². The third-order valence-electron chi connectivity index (χ3n) is 3.84. The van der Waals surface area contributed by atoms with Gasteiger partial charge in [0.1, 0.15) is 4.90 Å². The Hall–Kier alpha value is -2.48. The Bertz CT molecular complexity index is 998. The summed E-state index contributed by atoms with van der Waals surface area (Å²) in [5.41, 5.74) is 2.01. The zero-order valence-corrected chi connectivity index (χ0v) is 16.7. The second kappa shape index (κ2) is 10.8. The zero-order valence-electron chi connectivity index (χ0n) is 14.9. The molecule has 0 aromatic heterocycles. The average molecular weight is 410 g/mol. The Morgan fingerprint density at radius 2 is 1.50 bits per heavy atom. The molecule has 0 fully saturated rings. The SMILES string of the molecule is [O-]OOSc1ccc2cccc(Nc3ccccc3)c2c1.[SH2+]c1ccccc1. The van der Waals surface area contributed by atoms with E-state index in [-0.39, 0.29) is 0 Å². The maximum Gasteiger partial charge on any atom is 0.150 e. The number of para-hydroxylation sites is 1. The average Bonchev–Trinajstić information content (AvgIpc) is 2.74. The lowest BCUT2D eigenvalue weighted by molar-refractivity contribution is -0.777. The van der Waals surface area contributed by atoms with E-state index in [1.165, 1.54) is 0 Å². The Morgan fingerprint density at radius 3 is 2.14 bits per heavy atom. The topological polar surface area (TPSA) is 53.5 Å². The lowest BCUT2D eigenvalue weighted by Gasteiger charge is -2.11. The second-order valence-corrected chi connectivity index (χ2v) is 7.12. The minimum absolute atomic E-state index is 0.792. The summed E-state index contributed by atoms with van der Waals surface area (Å²) in [4.78, 5) is 1.92. The van der Waals surface area contributed by atoms with Gasteiger partial charge >= 0.3 is 0 Å². The van der Waals surface area contributed by atoms with Crippen molar-refractivity contribution in [3.05, 3.63) is 97.1 Å². The predicted molar refractivity (Wildman–Crippen MR) is 117 cm³/mol. The number of benzene rings is 4. The largest absolute Gasteiger partial charge is 0.691 e. The van der Waals surface area contributed by atoms with Gasteiger partial charge in [0.2, 0.25) is 0 Å². The van der Waals surface area contributed by atoms with E-state index in [0.29, 0.717) is 0 Å². The first kappa shape index (κ1) is 20.3. The van der Waals surface area contributed by atoms with Gasteiger partial charge in [-0.15, -0.1) is 0 Å². The first-order valence-corrected chi connectivity index (χ1v) is 9.75. The summed E-state index contributed by atoms with van der Waals surface area (Å²) in [7, 11) is 0. The highest BCUT2D eigenvalue weighted by atomic mass is 32.2. The summed E-state index contributed by atoms with van der Waals surface area (Å²) in [6.07, 6.45) is 0. The summed E-state index contributed by atoms with van der Waals surface area (Å²) >= 11 is 4.24. The van der Waals surface area contributed by atoms with Gasteiger partial charge in [-0.25, -0.2) is 0 Å². The highest BCUT2D eigenvalue weighted by Gasteiger charge is 2.04. The fraction of sp³-hybridized carbons (Fsp3) is 0. The fourth-order valence-corrected chi connectivity index (χ4v) is 3.17. The molecule has 6 heteroatoms. The van der Waals surface area contributed by atoms with E-state index in [1.54, 1.807) is 0 Å². The standard InChI is InChI=1S/C16H13NO3S.C6H6S/c18-19-20-21-14-10-9-12-5-4-8-16(15(12)11-14)17-13-6-2-1-3-7-13;7-6-4-2-1-3-5-6/h1-11,17-18H;1-5,7H. The van der Waals surface area contributed by atoms with Crippen molar-refractivity contribution in [3.8, 4) is 0 Å². The van der Waals surface area contributed by atoms with Crippen LogP contribution in [-0.2, 0) is 22.0 Å². The number of nitrogens with one attached hydrogen (secondary N) is 1. The first-order chi connectivity index (χ1) is 13.8. The Balaban J connectivity index is 0.000000271. The van der Waals surface area contributed by atoms with Crippen LogP contribution in [0.3, 0.4) is 0 Å². The van der Waals surface area contributed by atoms with Crippen LogP contribution in [0.15, 0.2) is 107 Å². The molecule has 0 saturated heterocycles. The maximum absolute atomic E-state index is 9.92. The first-order valence-electron chi connectivity index (χ1n) is 8.51. The van der Waals surface area contributed by atoms with Crippen molar-refractivity contribution < 1.29 is 14.6 Å². The van der Waals surface area contributed by atoms with E-state index in [0.717, 1.165) is 44.0 Å². The third-order valence-corrected chi connectivity index (χ3v) is 4.74. The molecule has 0 aliphatic rings. The molecule has 0 radical (unpaired) electrons. The quantitative estimate of drug-likeness (QED) is 0.221. The van der Waals surface area contributed by atoms with Gasteiger partial charge < -0.3 is 10.6 Å². The Morgan fingerprint density at radius 1 is 0.786 bits per heavy atom. The molecule has 0 amide bonds. The normalized spacial score (nSPS) is 10.2. The molecule has 1 N–H and O–H groups in total. The van der Waals surface area contributed by atoms with Crippen LogP contribution in [-0.4, -0.2) is 0 Å². The minimum Gasteiger partial charge on any atom is -0.691 e. The lowest BCUT2D eigenvalue weighted by atomic mass is 10.1. The molecule has 0 spiro atoms. The molecule has 0 unspecified atom stereocenters. The maximum atomic E-state index is 9.92. The second-order valence-electron chi connectivity index (χ2n) is 5.76. The molecule has 0 saturated carbocycles. The van der Waals surface area contributed by atoms with Gasteiger partial charge in [-0.05, 0) is 60.5 Å². The molecule has 4 aromatic rings. The lowest BCUT2D eigenvalue weighted by Crippen LogP contribution is -2.00. The highest BCUT2D eigenvalue weighted by molar-refractivity contribution is 7.94. The molecule has 4 aromatic carbocycles. The van der Waals surface area contributed by atoms with Crippen molar-refractivity contribution in [2.24, 2.45) is 0 Å².